The molecular weight excluding hydrogens is 344 g/mol. The molecule has 0 saturated heterocycles. The fourth-order valence-corrected chi connectivity index (χ4v) is 2.03. The Bertz CT molecular complexity index is 720. The minimum atomic E-state index is -0.668. The highest BCUT2D eigenvalue weighted by Gasteiger charge is 2.11. The third-order valence-corrected chi connectivity index (χ3v) is 3.32. The van der Waals surface area contributed by atoms with Gasteiger partial charge >= 0.3 is 5.97 Å². The number of benzene rings is 2. The van der Waals surface area contributed by atoms with Crippen molar-refractivity contribution in [3.05, 3.63) is 63.9 Å². The number of amides is 1. The van der Waals surface area contributed by atoms with Gasteiger partial charge in [0.05, 0.1) is 12.1 Å². The number of nitrogens with one attached hydrogen (secondary N) is 1. The van der Waals surface area contributed by atoms with Crippen LogP contribution in [0.2, 0.25) is 10.0 Å². The van der Waals surface area contributed by atoms with Gasteiger partial charge in [-0.1, -0.05) is 35.3 Å². The van der Waals surface area contributed by atoms with Crippen LogP contribution in [0.3, 0.4) is 0 Å². The minimum Gasteiger partial charge on any atom is -0.455 e. The van der Waals surface area contributed by atoms with Gasteiger partial charge in [-0.05, 0) is 35.9 Å². The number of hydrogen-bond donors (Lipinski definition) is 1. The van der Waals surface area contributed by atoms with Crippen LogP contribution in [0.4, 0.5) is 10.1 Å². The molecule has 0 spiro atoms. The van der Waals surface area contributed by atoms with E-state index < -0.39 is 24.3 Å². The Morgan fingerprint density at radius 2 is 1.70 bits per heavy atom. The Hall–Kier alpha value is -2.11. The van der Waals surface area contributed by atoms with Gasteiger partial charge in [-0.25, -0.2) is 4.39 Å². The number of ether oxygens (including phenoxy) is 1. The normalized spacial score (nSPS) is 10.2. The van der Waals surface area contributed by atoms with E-state index in [2.05, 4.69) is 5.32 Å². The largest absolute Gasteiger partial charge is 0.455 e. The summed E-state index contributed by atoms with van der Waals surface area (Å²) in [6, 6.07) is 10.5. The first kappa shape index (κ1) is 17.2. The van der Waals surface area contributed by atoms with Crippen LogP contribution in [0.5, 0.6) is 0 Å². The zero-order valence-electron chi connectivity index (χ0n) is 11.8. The van der Waals surface area contributed by atoms with Gasteiger partial charge in [0.25, 0.3) is 5.91 Å². The van der Waals surface area contributed by atoms with E-state index in [-0.39, 0.29) is 17.1 Å². The second-order valence-corrected chi connectivity index (χ2v) is 5.51. The van der Waals surface area contributed by atoms with Crippen LogP contribution >= 0.6 is 23.2 Å². The zero-order valence-corrected chi connectivity index (χ0v) is 13.3. The number of carbonyl (C=O) groups excluding carboxylic acids is 2. The number of halogens is 3. The molecule has 0 unspecified atom stereocenters. The van der Waals surface area contributed by atoms with Crippen LogP contribution in [-0.4, -0.2) is 18.5 Å². The Labute approximate surface area is 142 Å². The van der Waals surface area contributed by atoms with Gasteiger partial charge in [0.15, 0.2) is 6.61 Å². The lowest BCUT2D eigenvalue weighted by atomic mass is 10.1. The molecule has 0 radical (unpaired) electrons. The van der Waals surface area contributed by atoms with E-state index in [0.717, 1.165) is 6.07 Å². The summed E-state index contributed by atoms with van der Waals surface area (Å²) in [6.45, 7) is -0.505. The molecule has 0 fully saturated rings. The SMILES string of the molecule is O=C(COC(=O)Cc1ccc(Cl)cc1)Nc1ccc(Cl)cc1F. The molecule has 0 aliphatic rings. The molecule has 7 heteroatoms. The van der Waals surface area contributed by atoms with Crippen molar-refractivity contribution in [3.63, 3.8) is 0 Å². The predicted molar refractivity (Wildman–Crippen MR) is 86.2 cm³/mol. The van der Waals surface area contributed by atoms with Crippen LogP contribution in [0, 0.1) is 5.82 Å². The smallest absolute Gasteiger partial charge is 0.310 e. The summed E-state index contributed by atoms with van der Waals surface area (Å²) >= 11 is 11.4. The molecule has 0 aliphatic heterocycles. The van der Waals surface area contributed by atoms with Crippen molar-refractivity contribution < 1.29 is 18.7 Å². The maximum absolute atomic E-state index is 13.5. The molecule has 1 N–H and O–H groups in total. The van der Waals surface area contributed by atoms with Gasteiger partial charge in [-0.15, -0.1) is 0 Å². The summed E-state index contributed by atoms with van der Waals surface area (Å²) in [5, 5.41) is 3.08. The lowest BCUT2D eigenvalue weighted by Crippen LogP contribution is -2.22. The summed E-state index contributed by atoms with van der Waals surface area (Å²) in [4.78, 5) is 23.3. The van der Waals surface area contributed by atoms with Crippen molar-refractivity contribution in [2.75, 3.05) is 11.9 Å². The summed E-state index contributed by atoms with van der Waals surface area (Å²) in [7, 11) is 0. The van der Waals surface area contributed by atoms with Gasteiger partial charge < -0.3 is 10.1 Å². The molecule has 0 atom stereocenters. The summed E-state index contributed by atoms with van der Waals surface area (Å²) < 4.78 is 18.4. The zero-order chi connectivity index (χ0) is 16.8. The molecule has 1 amide bonds. The van der Waals surface area contributed by atoms with Gasteiger partial charge in [0.1, 0.15) is 5.82 Å². The lowest BCUT2D eigenvalue weighted by Gasteiger charge is -2.08. The van der Waals surface area contributed by atoms with E-state index in [0.29, 0.717) is 10.6 Å². The second kappa shape index (κ2) is 7.94. The van der Waals surface area contributed by atoms with E-state index >= 15 is 0 Å². The Kier molecular flexibility index (Phi) is 5.96. The van der Waals surface area contributed by atoms with E-state index in [4.69, 9.17) is 27.9 Å². The number of hydrogen-bond acceptors (Lipinski definition) is 3. The maximum atomic E-state index is 13.5. The average molecular weight is 356 g/mol. The van der Waals surface area contributed by atoms with Gasteiger partial charge in [0, 0.05) is 10.0 Å². The van der Waals surface area contributed by atoms with Crippen molar-refractivity contribution in [1.29, 1.82) is 0 Å². The van der Waals surface area contributed by atoms with Crippen LogP contribution in [0.15, 0.2) is 42.5 Å². The molecule has 0 aliphatic carbocycles. The van der Waals surface area contributed by atoms with Crippen molar-refractivity contribution in [2.45, 2.75) is 6.42 Å². The minimum absolute atomic E-state index is 0.0136. The first-order valence-electron chi connectivity index (χ1n) is 6.59. The van der Waals surface area contributed by atoms with Crippen LogP contribution in [0.25, 0.3) is 0 Å². The van der Waals surface area contributed by atoms with Crippen molar-refractivity contribution in [1.82, 2.24) is 0 Å². The van der Waals surface area contributed by atoms with E-state index in [9.17, 15) is 14.0 Å². The quantitative estimate of drug-likeness (QED) is 0.828. The molecular formula is C16H12Cl2FNO3. The standard InChI is InChI=1S/C16H12Cl2FNO3/c17-11-3-1-10(2-4-11)7-16(22)23-9-15(21)20-14-6-5-12(18)8-13(14)19/h1-6,8H,7,9H2,(H,20,21). The van der Waals surface area contributed by atoms with Crippen molar-refractivity contribution in [3.8, 4) is 0 Å². The third-order valence-electron chi connectivity index (χ3n) is 2.83. The van der Waals surface area contributed by atoms with Gasteiger partial charge in [-0.3, -0.25) is 9.59 Å². The summed E-state index contributed by atoms with van der Waals surface area (Å²) in [5.41, 5.74) is 0.678. The first-order chi connectivity index (χ1) is 10.9. The fourth-order valence-electron chi connectivity index (χ4n) is 1.74. The molecule has 0 heterocycles. The van der Waals surface area contributed by atoms with E-state index in [1.165, 1.54) is 12.1 Å². The predicted octanol–water partition coefficient (Wildman–Crippen LogP) is 3.86. The highest BCUT2D eigenvalue weighted by Crippen LogP contribution is 2.18. The van der Waals surface area contributed by atoms with E-state index in [1.807, 2.05) is 0 Å². The van der Waals surface area contributed by atoms with Crippen molar-refractivity contribution in [2.24, 2.45) is 0 Å². The second-order valence-electron chi connectivity index (χ2n) is 4.64. The van der Waals surface area contributed by atoms with E-state index in [1.54, 1.807) is 24.3 Å². The summed E-state index contributed by atoms with van der Waals surface area (Å²) in [5.74, 6) is -1.88. The molecule has 0 bridgehead atoms. The van der Waals surface area contributed by atoms with Crippen LogP contribution in [0.1, 0.15) is 5.56 Å². The number of rotatable bonds is 5. The average Bonchev–Trinajstić information content (AvgIpc) is 2.50. The van der Waals surface area contributed by atoms with Crippen molar-refractivity contribution >= 4 is 40.8 Å². The highest BCUT2D eigenvalue weighted by molar-refractivity contribution is 6.30. The number of esters is 1. The first-order valence-corrected chi connectivity index (χ1v) is 7.34. The molecule has 23 heavy (non-hydrogen) atoms. The third kappa shape index (κ3) is 5.54. The molecule has 0 saturated carbocycles. The molecule has 2 aromatic carbocycles. The molecule has 2 aromatic rings. The van der Waals surface area contributed by atoms with Gasteiger partial charge in [0.2, 0.25) is 0 Å². The topological polar surface area (TPSA) is 55.4 Å². The highest BCUT2D eigenvalue weighted by atomic mass is 35.5. The van der Waals surface area contributed by atoms with Crippen LogP contribution < -0.4 is 5.32 Å². The molecule has 120 valence electrons. The maximum Gasteiger partial charge on any atom is 0.310 e. The number of carbonyl (C=O) groups is 2. The summed E-state index contributed by atoms with van der Waals surface area (Å²) in [6.07, 6.45) is 0.0136. The Morgan fingerprint density at radius 1 is 1.04 bits per heavy atom. The molecule has 4 nitrogen and oxygen atoms in total. The Balaban J connectivity index is 1.81. The van der Waals surface area contributed by atoms with Gasteiger partial charge in [-0.2, -0.15) is 0 Å². The Morgan fingerprint density at radius 3 is 2.35 bits per heavy atom. The monoisotopic (exact) mass is 355 g/mol. The molecule has 2 rings (SSSR count). The lowest BCUT2D eigenvalue weighted by molar-refractivity contribution is -0.146. The molecule has 0 aromatic heterocycles. The van der Waals surface area contributed by atoms with Crippen LogP contribution in [-0.2, 0) is 20.7 Å². The number of anilines is 1. The fraction of sp³-hybridized carbons (Fsp3) is 0.125.